The SMILES string of the molecule is CC=CCCCCCCC(C)CCC. The van der Waals surface area contributed by atoms with Gasteiger partial charge in [0.2, 0.25) is 0 Å². The van der Waals surface area contributed by atoms with E-state index in [0.29, 0.717) is 0 Å². The second-order valence-electron chi connectivity index (χ2n) is 4.45. The van der Waals surface area contributed by atoms with E-state index in [4.69, 9.17) is 0 Å². The number of hydrogen-bond donors (Lipinski definition) is 0. The maximum atomic E-state index is 2.39. The fourth-order valence-electron chi connectivity index (χ4n) is 1.91. The summed E-state index contributed by atoms with van der Waals surface area (Å²) < 4.78 is 0. The van der Waals surface area contributed by atoms with Gasteiger partial charge in [-0.1, -0.05) is 64.5 Å². The summed E-state index contributed by atoms with van der Waals surface area (Å²) >= 11 is 0. The molecule has 0 radical (unpaired) electrons. The Bertz CT molecular complexity index is 124. The second-order valence-corrected chi connectivity index (χ2v) is 4.45. The quantitative estimate of drug-likeness (QED) is 0.345. The Balaban J connectivity index is 3.05. The molecule has 0 aliphatic heterocycles. The number of allylic oxidation sites excluding steroid dienone is 2. The van der Waals surface area contributed by atoms with Gasteiger partial charge in [-0.15, -0.1) is 0 Å². The zero-order valence-electron chi connectivity index (χ0n) is 10.4. The van der Waals surface area contributed by atoms with Gasteiger partial charge in [0.1, 0.15) is 0 Å². The largest absolute Gasteiger partial charge is 0.0917 e. The summed E-state index contributed by atoms with van der Waals surface area (Å²) in [6, 6.07) is 0. The maximum Gasteiger partial charge on any atom is -0.0351 e. The molecule has 14 heavy (non-hydrogen) atoms. The Kier molecular flexibility index (Phi) is 10.6. The average Bonchev–Trinajstić information content (AvgIpc) is 2.17. The van der Waals surface area contributed by atoms with Gasteiger partial charge in [0, 0.05) is 0 Å². The molecule has 0 amide bonds. The monoisotopic (exact) mass is 196 g/mol. The van der Waals surface area contributed by atoms with Crippen LogP contribution in [0, 0.1) is 5.92 Å². The topological polar surface area (TPSA) is 0 Å². The molecule has 0 aliphatic carbocycles. The van der Waals surface area contributed by atoms with Gasteiger partial charge in [0.15, 0.2) is 0 Å². The van der Waals surface area contributed by atoms with Gasteiger partial charge in [-0.25, -0.2) is 0 Å². The van der Waals surface area contributed by atoms with Crippen LogP contribution in [-0.2, 0) is 0 Å². The van der Waals surface area contributed by atoms with E-state index >= 15 is 0 Å². The molecule has 0 aromatic heterocycles. The molecule has 0 fully saturated rings. The molecule has 0 nitrogen and oxygen atoms in total. The van der Waals surface area contributed by atoms with Crippen molar-refractivity contribution in [2.75, 3.05) is 0 Å². The van der Waals surface area contributed by atoms with Crippen molar-refractivity contribution < 1.29 is 0 Å². The van der Waals surface area contributed by atoms with Crippen molar-refractivity contribution >= 4 is 0 Å². The summed E-state index contributed by atoms with van der Waals surface area (Å²) in [7, 11) is 0. The molecular weight excluding hydrogens is 168 g/mol. The van der Waals surface area contributed by atoms with Crippen LogP contribution in [0.5, 0.6) is 0 Å². The third-order valence-electron chi connectivity index (χ3n) is 2.83. The van der Waals surface area contributed by atoms with Crippen LogP contribution >= 0.6 is 0 Å². The first-order valence-corrected chi connectivity index (χ1v) is 6.42. The molecule has 0 spiro atoms. The standard InChI is InChI=1S/C14H28/c1-4-6-7-8-9-10-11-13-14(3)12-5-2/h4,6,14H,5,7-13H2,1-3H3. The number of rotatable bonds is 9. The van der Waals surface area contributed by atoms with Crippen molar-refractivity contribution in [3.05, 3.63) is 12.2 Å². The number of hydrogen-bond acceptors (Lipinski definition) is 0. The lowest BCUT2D eigenvalue weighted by Crippen LogP contribution is -1.93. The molecule has 0 heteroatoms. The summed E-state index contributed by atoms with van der Waals surface area (Å²) in [5.41, 5.74) is 0. The van der Waals surface area contributed by atoms with Crippen molar-refractivity contribution in [1.82, 2.24) is 0 Å². The van der Waals surface area contributed by atoms with Gasteiger partial charge in [-0.2, -0.15) is 0 Å². The van der Waals surface area contributed by atoms with Gasteiger partial charge in [-0.05, 0) is 25.7 Å². The predicted molar refractivity (Wildman–Crippen MR) is 66.6 cm³/mol. The highest BCUT2D eigenvalue weighted by atomic mass is 14.1. The fraction of sp³-hybridized carbons (Fsp3) is 0.857. The molecule has 0 aliphatic rings. The highest BCUT2D eigenvalue weighted by molar-refractivity contribution is 4.76. The Labute approximate surface area is 90.8 Å². The van der Waals surface area contributed by atoms with Crippen LogP contribution in [0.1, 0.15) is 72.1 Å². The summed E-state index contributed by atoms with van der Waals surface area (Å²) in [4.78, 5) is 0. The Morgan fingerprint density at radius 1 is 1.00 bits per heavy atom. The van der Waals surface area contributed by atoms with E-state index in [9.17, 15) is 0 Å². The zero-order chi connectivity index (χ0) is 10.6. The summed E-state index contributed by atoms with van der Waals surface area (Å²) in [6.45, 7) is 6.78. The van der Waals surface area contributed by atoms with Crippen LogP contribution in [-0.4, -0.2) is 0 Å². The van der Waals surface area contributed by atoms with E-state index in [0.717, 1.165) is 5.92 Å². The lowest BCUT2D eigenvalue weighted by atomic mass is 9.98. The third kappa shape index (κ3) is 9.83. The molecule has 0 saturated heterocycles. The van der Waals surface area contributed by atoms with Crippen LogP contribution in [0.2, 0.25) is 0 Å². The Morgan fingerprint density at radius 3 is 2.36 bits per heavy atom. The molecule has 0 rings (SSSR count). The van der Waals surface area contributed by atoms with Crippen LogP contribution in [0.25, 0.3) is 0 Å². The van der Waals surface area contributed by atoms with E-state index in [1.54, 1.807) is 0 Å². The minimum atomic E-state index is 0.954. The first kappa shape index (κ1) is 13.7. The van der Waals surface area contributed by atoms with Gasteiger partial charge < -0.3 is 0 Å². The molecule has 0 N–H and O–H groups in total. The fourth-order valence-corrected chi connectivity index (χ4v) is 1.91. The third-order valence-corrected chi connectivity index (χ3v) is 2.83. The average molecular weight is 196 g/mol. The van der Waals surface area contributed by atoms with Gasteiger partial charge in [-0.3, -0.25) is 0 Å². The second kappa shape index (κ2) is 10.8. The van der Waals surface area contributed by atoms with Crippen LogP contribution in [0.4, 0.5) is 0 Å². The molecule has 0 bridgehead atoms. The minimum absolute atomic E-state index is 0.954. The lowest BCUT2D eigenvalue weighted by Gasteiger charge is -2.08. The molecule has 1 atom stereocenters. The highest BCUT2D eigenvalue weighted by Gasteiger charge is 1.99. The molecular formula is C14H28. The van der Waals surface area contributed by atoms with Gasteiger partial charge >= 0.3 is 0 Å². The summed E-state index contributed by atoms with van der Waals surface area (Å²) in [5, 5.41) is 0. The Morgan fingerprint density at radius 2 is 1.71 bits per heavy atom. The summed E-state index contributed by atoms with van der Waals surface area (Å²) in [6.07, 6.45) is 15.6. The van der Waals surface area contributed by atoms with Gasteiger partial charge in [0.25, 0.3) is 0 Å². The van der Waals surface area contributed by atoms with Crippen LogP contribution < -0.4 is 0 Å². The Hall–Kier alpha value is -0.260. The van der Waals surface area contributed by atoms with Crippen LogP contribution in [0.15, 0.2) is 12.2 Å². The van der Waals surface area contributed by atoms with Gasteiger partial charge in [0.05, 0.1) is 0 Å². The van der Waals surface area contributed by atoms with Crippen molar-refractivity contribution in [3.63, 3.8) is 0 Å². The van der Waals surface area contributed by atoms with E-state index < -0.39 is 0 Å². The molecule has 0 saturated carbocycles. The van der Waals surface area contributed by atoms with Crippen molar-refractivity contribution in [3.8, 4) is 0 Å². The first-order chi connectivity index (χ1) is 6.81. The van der Waals surface area contributed by atoms with Crippen LogP contribution in [0.3, 0.4) is 0 Å². The van der Waals surface area contributed by atoms with E-state index in [1.807, 2.05) is 0 Å². The number of unbranched alkanes of at least 4 members (excludes halogenated alkanes) is 4. The molecule has 0 heterocycles. The molecule has 0 aromatic carbocycles. The predicted octanol–water partition coefficient (Wildman–Crippen LogP) is 5.34. The summed E-state index contributed by atoms with van der Waals surface area (Å²) in [5.74, 6) is 0.954. The highest BCUT2D eigenvalue weighted by Crippen LogP contribution is 2.15. The van der Waals surface area contributed by atoms with Crippen molar-refractivity contribution in [2.45, 2.75) is 72.1 Å². The minimum Gasteiger partial charge on any atom is -0.0917 e. The first-order valence-electron chi connectivity index (χ1n) is 6.42. The molecule has 84 valence electrons. The van der Waals surface area contributed by atoms with E-state index in [-0.39, 0.29) is 0 Å². The van der Waals surface area contributed by atoms with E-state index in [2.05, 4.69) is 32.9 Å². The molecule has 1 unspecified atom stereocenters. The zero-order valence-corrected chi connectivity index (χ0v) is 10.4. The van der Waals surface area contributed by atoms with Crippen molar-refractivity contribution in [1.29, 1.82) is 0 Å². The lowest BCUT2D eigenvalue weighted by molar-refractivity contribution is 0.454. The van der Waals surface area contributed by atoms with E-state index in [1.165, 1.54) is 51.4 Å². The smallest absolute Gasteiger partial charge is 0.0351 e. The molecule has 0 aromatic rings. The normalized spacial score (nSPS) is 13.6. The maximum absolute atomic E-state index is 2.39. The van der Waals surface area contributed by atoms with Crippen molar-refractivity contribution in [2.24, 2.45) is 5.92 Å².